The van der Waals surface area contributed by atoms with Gasteiger partial charge >= 0.3 is 6.18 Å². The Hall–Kier alpha value is -1.59. The third-order valence-corrected chi connectivity index (χ3v) is 6.94. The number of nitrogens with zero attached hydrogens (tertiary/aromatic N) is 1. The smallest absolute Gasteiger partial charge is 0.363 e. The van der Waals surface area contributed by atoms with Crippen molar-refractivity contribution in [1.29, 1.82) is 5.26 Å². The Labute approximate surface area is 132 Å². The molecule has 1 aromatic carbocycles. The molecule has 1 aromatic rings. The van der Waals surface area contributed by atoms with Crippen LogP contribution in [0.25, 0.3) is 0 Å². The van der Waals surface area contributed by atoms with Crippen molar-refractivity contribution >= 4 is 9.84 Å². The van der Waals surface area contributed by atoms with Gasteiger partial charge in [0.2, 0.25) is 0 Å². The number of hydrogen-bond acceptors (Lipinski definition) is 4. The molecular weight excluding hydrogens is 331 g/mol. The third-order valence-electron chi connectivity index (χ3n) is 4.26. The van der Waals surface area contributed by atoms with Crippen LogP contribution in [0.1, 0.15) is 31.7 Å². The Kier molecular flexibility index (Phi) is 4.74. The fraction of sp³-hybridized carbons (Fsp3) is 0.533. The lowest BCUT2D eigenvalue weighted by molar-refractivity contribution is -0.137. The first kappa shape index (κ1) is 17.8. The number of sulfone groups is 1. The molecule has 2 atom stereocenters. The largest absolute Gasteiger partial charge is 0.416 e. The molecule has 1 aliphatic heterocycles. The number of ether oxygens (including phenoxy) is 1. The van der Waals surface area contributed by atoms with E-state index in [-0.39, 0.29) is 30.8 Å². The second-order valence-corrected chi connectivity index (χ2v) is 7.85. The molecule has 126 valence electrons. The number of nitriles is 1. The maximum Gasteiger partial charge on any atom is 0.416 e. The molecular formula is C15H16F3NO3S. The summed E-state index contributed by atoms with van der Waals surface area (Å²) < 4.78 is 68.3. The topological polar surface area (TPSA) is 67.2 Å². The number of rotatable bonds is 3. The fourth-order valence-electron chi connectivity index (χ4n) is 2.81. The van der Waals surface area contributed by atoms with Crippen LogP contribution >= 0.6 is 0 Å². The van der Waals surface area contributed by atoms with Crippen LogP contribution in [0.5, 0.6) is 0 Å². The van der Waals surface area contributed by atoms with E-state index in [2.05, 4.69) is 0 Å². The van der Waals surface area contributed by atoms with Gasteiger partial charge in [-0.1, -0.05) is 13.0 Å². The molecule has 1 saturated heterocycles. The van der Waals surface area contributed by atoms with Crippen molar-refractivity contribution in [2.45, 2.75) is 48.1 Å². The first-order chi connectivity index (χ1) is 10.7. The minimum atomic E-state index is -4.62. The summed E-state index contributed by atoms with van der Waals surface area (Å²) in [6, 6.07) is 5.62. The van der Waals surface area contributed by atoms with Crippen LogP contribution in [-0.2, 0) is 20.8 Å². The first-order valence-electron chi connectivity index (χ1n) is 7.09. The second-order valence-electron chi connectivity index (χ2n) is 5.51. The van der Waals surface area contributed by atoms with Crippen LogP contribution < -0.4 is 0 Å². The molecule has 0 aromatic heterocycles. The second kappa shape index (κ2) is 6.13. The van der Waals surface area contributed by atoms with Crippen LogP contribution in [-0.4, -0.2) is 25.9 Å². The lowest BCUT2D eigenvalue weighted by atomic mass is 9.92. The van der Waals surface area contributed by atoms with Gasteiger partial charge in [-0.05, 0) is 31.0 Å². The molecule has 8 heteroatoms. The van der Waals surface area contributed by atoms with E-state index in [4.69, 9.17) is 10.00 Å². The van der Waals surface area contributed by atoms with Crippen molar-refractivity contribution in [2.75, 3.05) is 6.61 Å². The summed E-state index contributed by atoms with van der Waals surface area (Å²) in [6.45, 7) is 1.75. The predicted octanol–water partition coefficient (Wildman–Crippen LogP) is 3.33. The minimum absolute atomic E-state index is 0.0431. The zero-order valence-electron chi connectivity index (χ0n) is 12.4. The molecule has 2 unspecified atom stereocenters. The van der Waals surface area contributed by atoms with Crippen molar-refractivity contribution in [3.63, 3.8) is 0 Å². The Morgan fingerprint density at radius 2 is 2.13 bits per heavy atom. The average Bonchev–Trinajstić information content (AvgIpc) is 2.54. The zero-order valence-corrected chi connectivity index (χ0v) is 13.2. The molecule has 0 N–H and O–H groups in total. The Balaban J connectivity index is 2.50. The monoisotopic (exact) mass is 347 g/mol. The van der Waals surface area contributed by atoms with Gasteiger partial charge in [-0.15, -0.1) is 0 Å². The van der Waals surface area contributed by atoms with Gasteiger partial charge in [0.15, 0.2) is 9.84 Å². The molecule has 1 heterocycles. The van der Waals surface area contributed by atoms with Gasteiger partial charge in [-0.2, -0.15) is 18.4 Å². The highest BCUT2D eigenvalue weighted by atomic mass is 32.2. The summed E-state index contributed by atoms with van der Waals surface area (Å²) >= 11 is 0. The van der Waals surface area contributed by atoms with E-state index in [1.165, 1.54) is 6.07 Å². The summed E-state index contributed by atoms with van der Waals surface area (Å²) in [6.07, 6.45) is -5.17. The number of halogens is 3. The highest BCUT2D eigenvalue weighted by Crippen LogP contribution is 2.40. The fourth-order valence-corrected chi connectivity index (χ4v) is 4.96. The highest BCUT2D eigenvalue weighted by molar-refractivity contribution is 7.92. The van der Waals surface area contributed by atoms with Crippen LogP contribution in [0.15, 0.2) is 29.2 Å². The molecule has 4 nitrogen and oxygen atoms in total. The van der Waals surface area contributed by atoms with Gasteiger partial charge in [-0.3, -0.25) is 0 Å². The van der Waals surface area contributed by atoms with Gasteiger partial charge in [0.05, 0.1) is 21.3 Å². The molecule has 0 bridgehead atoms. The third kappa shape index (κ3) is 3.21. The summed E-state index contributed by atoms with van der Waals surface area (Å²) in [5, 5.41) is 8.99. The summed E-state index contributed by atoms with van der Waals surface area (Å²) in [4.78, 5) is -0.368. The Morgan fingerprint density at radius 1 is 1.43 bits per heavy atom. The molecule has 0 radical (unpaired) electrons. The maximum absolute atomic E-state index is 12.9. The van der Waals surface area contributed by atoms with E-state index in [0.29, 0.717) is 6.07 Å². The molecule has 1 aliphatic rings. The Morgan fingerprint density at radius 3 is 2.70 bits per heavy atom. The molecule has 1 fully saturated rings. The minimum Gasteiger partial charge on any atom is -0.363 e. The quantitative estimate of drug-likeness (QED) is 0.841. The molecule has 2 rings (SSSR count). The molecule has 23 heavy (non-hydrogen) atoms. The van der Waals surface area contributed by atoms with Crippen LogP contribution in [0, 0.1) is 11.3 Å². The first-order valence-corrected chi connectivity index (χ1v) is 8.58. The van der Waals surface area contributed by atoms with E-state index in [0.717, 1.165) is 12.1 Å². The molecule has 0 aliphatic carbocycles. The molecule has 0 spiro atoms. The number of alkyl halides is 3. The van der Waals surface area contributed by atoms with E-state index in [1.54, 1.807) is 6.92 Å². The predicted molar refractivity (Wildman–Crippen MR) is 76.2 cm³/mol. The number of benzene rings is 1. The SMILES string of the molecule is CCC1(S(=O)(=O)c2cccc(C(F)(F)F)c2)CCOC(C#N)C1. The zero-order chi connectivity index (χ0) is 17.3. The van der Waals surface area contributed by atoms with Crippen LogP contribution in [0.2, 0.25) is 0 Å². The Bertz CT molecular complexity index is 724. The van der Waals surface area contributed by atoms with E-state index >= 15 is 0 Å². The van der Waals surface area contributed by atoms with Gasteiger partial charge in [0.1, 0.15) is 6.10 Å². The maximum atomic E-state index is 12.9. The van der Waals surface area contributed by atoms with Crippen molar-refractivity contribution < 1.29 is 26.3 Å². The van der Waals surface area contributed by atoms with Crippen molar-refractivity contribution in [3.05, 3.63) is 29.8 Å². The van der Waals surface area contributed by atoms with Gasteiger partial charge in [-0.25, -0.2) is 8.42 Å². The normalized spacial score (nSPS) is 25.8. The number of hydrogen-bond donors (Lipinski definition) is 0. The lowest BCUT2D eigenvalue weighted by Crippen LogP contribution is -2.46. The van der Waals surface area contributed by atoms with E-state index in [1.807, 2.05) is 6.07 Å². The standard InChI is InChI=1S/C15H16F3NO3S/c1-2-14(6-7-22-12(9-14)10-19)23(20,21)13-5-3-4-11(8-13)15(16,17)18/h3-5,8,12H,2,6-7,9H2,1H3. The summed E-state index contributed by atoms with van der Waals surface area (Å²) in [7, 11) is -4.03. The van der Waals surface area contributed by atoms with Crippen LogP contribution in [0.4, 0.5) is 13.2 Å². The molecule has 0 saturated carbocycles. The highest BCUT2D eigenvalue weighted by Gasteiger charge is 2.47. The van der Waals surface area contributed by atoms with Crippen LogP contribution in [0.3, 0.4) is 0 Å². The van der Waals surface area contributed by atoms with Gasteiger partial charge in [0, 0.05) is 13.0 Å². The van der Waals surface area contributed by atoms with E-state index < -0.39 is 32.4 Å². The van der Waals surface area contributed by atoms with E-state index in [9.17, 15) is 21.6 Å². The summed E-state index contributed by atoms with van der Waals surface area (Å²) in [5.41, 5.74) is -1.01. The van der Waals surface area contributed by atoms with Crippen molar-refractivity contribution in [3.8, 4) is 6.07 Å². The lowest BCUT2D eigenvalue weighted by Gasteiger charge is -2.37. The average molecular weight is 347 g/mol. The van der Waals surface area contributed by atoms with Crippen molar-refractivity contribution in [2.24, 2.45) is 0 Å². The van der Waals surface area contributed by atoms with Crippen molar-refractivity contribution in [1.82, 2.24) is 0 Å². The van der Waals surface area contributed by atoms with Gasteiger partial charge in [0.25, 0.3) is 0 Å². The summed E-state index contributed by atoms with van der Waals surface area (Å²) in [5.74, 6) is 0. The van der Waals surface area contributed by atoms with Gasteiger partial charge < -0.3 is 4.74 Å². The molecule has 0 amide bonds.